The van der Waals surface area contributed by atoms with Gasteiger partial charge in [0.1, 0.15) is 11.2 Å². The van der Waals surface area contributed by atoms with E-state index in [4.69, 9.17) is 5.73 Å². The summed E-state index contributed by atoms with van der Waals surface area (Å²) in [5.74, 6) is 0.595. The molecule has 3 fully saturated rings. The van der Waals surface area contributed by atoms with Crippen LogP contribution in [0.3, 0.4) is 0 Å². The molecule has 5 rings (SSSR count). The first-order valence-corrected chi connectivity index (χ1v) is 13.6. The number of carbonyl (C=O) groups is 1. The predicted molar refractivity (Wildman–Crippen MR) is 124 cm³/mol. The molecule has 2 N–H and O–H groups in total. The van der Waals surface area contributed by atoms with Crippen molar-refractivity contribution in [2.75, 3.05) is 0 Å². The highest BCUT2D eigenvalue weighted by atomic mass is 32.2. The van der Waals surface area contributed by atoms with E-state index in [-0.39, 0.29) is 33.6 Å². The Morgan fingerprint density at radius 2 is 1.94 bits per heavy atom. The Morgan fingerprint density at radius 3 is 2.70 bits per heavy atom. The van der Waals surface area contributed by atoms with Crippen LogP contribution in [0.15, 0.2) is 40.8 Å². The standard InChI is InChI=1S/C25H32N2O5S/c1-24-13-3-2-5-16(24)8-9-19-20(24)12-14-25(21(19)10-11-22(25)28)23(26)33(31,32)18-7-4-6-17(15-18)27(29)30/h4,6-8,15,19-21,23H,2-3,5,9-14,26H2,1H3/t19-,20+,21+,23?,24+,25-/m1/s1. The number of nitrogens with zero attached hydrogens (tertiary/aromatic N) is 1. The first kappa shape index (κ1) is 22.7. The number of carbonyl (C=O) groups excluding carboxylic acids is 1. The van der Waals surface area contributed by atoms with E-state index in [0.29, 0.717) is 25.2 Å². The summed E-state index contributed by atoms with van der Waals surface area (Å²) in [6.45, 7) is 2.37. The molecule has 33 heavy (non-hydrogen) atoms. The van der Waals surface area contributed by atoms with Crippen LogP contribution >= 0.6 is 0 Å². The van der Waals surface area contributed by atoms with E-state index in [1.165, 1.54) is 31.0 Å². The number of nitrogens with two attached hydrogens (primary N) is 1. The van der Waals surface area contributed by atoms with Crippen molar-refractivity contribution >= 4 is 21.3 Å². The first-order chi connectivity index (χ1) is 15.6. The number of nitro benzene ring substituents is 1. The predicted octanol–water partition coefficient (Wildman–Crippen LogP) is 4.56. The second-order valence-electron chi connectivity index (χ2n) is 10.7. The number of hydrogen-bond donors (Lipinski definition) is 1. The molecule has 6 atom stereocenters. The Kier molecular flexibility index (Phi) is 5.32. The van der Waals surface area contributed by atoms with Gasteiger partial charge in [0.2, 0.25) is 0 Å². The lowest BCUT2D eigenvalue weighted by Gasteiger charge is -2.57. The second kappa shape index (κ2) is 7.73. The molecule has 1 aromatic rings. The van der Waals surface area contributed by atoms with Gasteiger partial charge in [-0.2, -0.15) is 0 Å². The smallest absolute Gasteiger partial charge is 0.270 e. The first-order valence-electron chi connectivity index (χ1n) is 12.1. The van der Waals surface area contributed by atoms with Crippen LogP contribution in [0.2, 0.25) is 0 Å². The number of benzene rings is 1. The Hall–Kier alpha value is -2.06. The average Bonchev–Trinajstić information content (AvgIpc) is 3.15. The number of allylic oxidation sites excluding steroid dienone is 2. The van der Waals surface area contributed by atoms with Gasteiger partial charge in [-0.25, -0.2) is 8.42 Å². The minimum absolute atomic E-state index is 0.0453. The van der Waals surface area contributed by atoms with Crippen molar-refractivity contribution in [3.8, 4) is 0 Å². The number of non-ortho nitro benzene ring substituents is 1. The van der Waals surface area contributed by atoms with Gasteiger partial charge in [0.05, 0.1) is 15.2 Å². The highest BCUT2D eigenvalue weighted by Gasteiger charge is 2.64. The Bertz CT molecular complexity index is 1150. The largest absolute Gasteiger partial charge is 0.314 e. The van der Waals surface area contributed by atoms with Gasteiger partial charge in [-0.05, 0) is 74.2 Å². The zero-order valence-electron chi connectivity index (χ0n) is 19.0. The molecule has 0 aromatic heterocycles. The number of rotatable bonds is 4. The summed E-state index contributed by atoms with van der Waals surface area (Å²) in [6.07, 6.45) is 10.3. The van der Waals surface area contributed by atoms with Gasteiger partial charge in [-0.3, -0.25) is 14.9 Å². The number of Topliss-reactive ketones (excluding diaryl/α,β-unsaturated/α-hetero) is 1. The van der Waals surface area contributed by atoms with Crippen molar-refractivity contribution in [3.63, 3.8) is 0 Å². The zero-order valence-corrected chi connectivity index (χ0v) is 19.9. The molecule has 178 valence electrons. The average molecular weight is 473 g/mol. The lowest BCUT2D eigenvalue weighted by molar-refractivity contribution is -0.385. The Labute approximate surface area is 194 Å². The van der Waals surface area contributed by atoms with Crippen LogP contribution in [0.4, 0.5) is 5.69 Å². The quantitative estimate of drug-likeness (QED) is 0.390. The van der Waals surface area contributed by atoms with Crippen molar-refractivity contribution in [2.24, 2.45) is 34.3 Å². The normalized spacial score (nSPS) is 36.8. The summed E-state index contributed by atoms with van der Waals surface area (Å²) < 4.78 is 27.3. The van der Waals surface area contributed by atoms with Gasteiger partial charge in [0.15, 0.2) is 9.84 Å². The molecular formula is C25H32N2O5S. The van der Waals surface area contributed by atoms with Crippen LogP contribution in [0.5, 0.6) is 0 Å². The summed E-state index contributed by atoms with van der Waals surface area (Å²) >= 11 is 0. The number of fused-ring (bicyclic) bond motifs is 5. The molecular weight excluding hydrogens is 440 g/mol. The lowest BCUT2D eigenvalue weighted by atomic mass is 9.48. The number of ketones is 1. The molecule has 0 spiro atoms. The van der Waals surface area contributed by atoms with Crippen LogP contribution in [-0.4, -0.2) is 24.5 Å². The van der Waals surface area contributed by atoms with Crippen LogP contribution in [0.25, 0.3) is 0 Å². The highest BCUT2D eigenvalue weighted by Crippen LogP contribution is 2.65. The highest BCUT2D eigenvalue weighted by molar-refractivity contribution is 7.92. The third-order valence-electron chi connectivity index (χ3n) is 9.55. The summed E-state index contributed by atoms with van der Waals surface area (Å²) in [4.78, 5) is 23.8. The van der Waals surface area contributed by atoms with Gasteiger partial charge < -0.3 is 5.73 Å². The van der Waals surface area contributed by atoms with Crippen molar-refractivity contribution in [3.05, 3.63) is 46.0 Å². The van der Waals surface area contributed by atoms with Crippen LogP contribution < -0.4 is 5.73 Å². The zero-order chi connectivity index (χ0) is 23.6. The molecule has 0 radical (unpaired) electrons. The van der Waals surface area contributed by atoms with E-state index in [1.807, 2.05) is 0 Å². The lowest BCUT2D eigenvalue weighted by Crippen LogP contribution is -2.59. The van der Waals surface area contributed by atoms with Crippen LogP contribution in [0, 0.1) is 38.7 Å². The third-order valence-corrected chi connectivity index (χ3v) is 11.5. The molecule has 0 aliphatic heterocycles. The molecule has 1 aromatic carbocycles. The molecule has 3 saturated carbocycles. The SMILES string of the molecule is C[C@]12CCCCC1=CC[C@@H]1[C@@H]2CC[C@]2(C(N)S(=O)(=O)c3cccc([N+](=O)[O-])c3)C(=O)CC[C@@H]12. The summed E-state index contributed by atoms with van der Waals surface area (Å²) in [5, 5.41) is 9.82. The number of sulfone groups is 1. The van der Waals surface area contributed by atoms with E-state index >= 15 is 0 Å². The molecule has 0 heterocycles. The number of nitro groups is 1. The van der Waals surface area contributed by atoms with Crippen LogP contribution in [-0.2, 0) is 14.6 Å². The summed E-state index contributed by atoms with van der Waals surface area (Å²) in [6, 6.07) is 5.02. The summed E-state index contributed by atoms with van der Waals surface area (Å²) in [7, 11) is -4.13. The maximum absolute atomic E-state index is 13.6. The van der Waals surface area contributed by atoms with Gasteiger partial charge in [-0.1, -0.05) is 31.1 Å². The Morgan fingerprint density at radius 1 is 1.15 bits per heavy atom. The van der Waals surface area contributed by atoms with E-state index in [1.54, 1.807) is 5.57 Å². The topological polar surface area (TPSA) is 120 Å². The Balaban J connectivity index is 1.54. The summed E-state index contributed by atoms with van der Waals surface area (Å²) in [5.41, 5.74) is 6.83. The van der Waals surface area contributed by atoms with Gasteiger partial charge in [0.25, 0.3) is 5.69 Å². The van der Waals surface area contributed by atoms with E-state index in [2.05, 4.69) is 13.0 Å². The fourth-order valence-corrected chi connectivity index (χ4v) is 9.74. The molecule has 0 bridgehead atoms. The fourth-order valence-electron chi connectivity index (χ4n) is 7.91. The van der Waals surface area contributed by atoms with Gasteiger partial charge in [-0.15, -0.1) is 0 Å². The molecule has 4 aliphatic rings. The van der Waals surface area contributed by atoms with Crippen molar-refractivity contribution < 1.29 is 18.1 Å². The molecule has 0 saturated heterocycles. The molecule has 7 nitrogen and oxygen atoms in total. The third kappa shape index (κ3) is 3.16. The molecule has 4 aliphatic carbocycles. The number of hydrogen-bond acceptors (Lipinski definition) is 6. The van der Waals surface area contributed by atoms with E-state index in [0.717, 1.165) is 31.7 Å². The maximum Gasteiger partial charge on any atom is 0.270 e. The van der Waals surface area contributed by atoms with Gasteiger partial charge in [0, 0.05) is 18.6 Å². The van der Waals surface area contributed by atoms with E-state index < -0.39 is 25.5 Å². The molecule has 1 unspecified atom stereocenters. The minimum Gasteiger partial charge on any atom is -0.314 e. The second-order valence-corrected chi connectivity index (χ2v) is 12.8. The van der Waals surface area contributed by atoms with Crippen molar-refractivity contribution in [1.29, 1.82) is 0 Å². The maximum atomic E-state index is 13.6. The van der Waals surface area contributed by atoms with Crippen LogP contribution in [0.1, 0.15) is 64.7 Å². The monoisotopic (exact) mass is 472 g/mol. The van der Waals surface area contributed by atoms with E-state index in [9.17, 15) is 23.3 Å². The van der Waals surface area contributed by atoms with Crippen molar-refractivity contribution in [1.82, 2.24) is 0 Å². The van der Waals surface area contributed by atoms with Gasteiger partial charge >= 0.3 is 0 Å². The molecule has 8 heteroatoms. The fraction of sp³-hybridized carbons (Fsp3) is 0.640. The molecule has 0 amide bonds. The minimum atomic E-state index is -4.13. The van der Waals surface area contributed by atoms with Crippen molar-refractivity contribution in [2.45, 2.75) is 75.0 Å².